The van der Waals surface area contributed by atoms with E-state index in [-0.39, 0.29) is 6.04 Å². The van der Waals surface area contributed by atoms with Crippen LogP contribution in [0.25, 0.3) is 11.3 Å². The highest BCUT2D eigenvalue weighted by molar-refractivity contribution is 6.30. The molecule has 0 saturated heterocycles. The average molecular weight is 396 g/mol. The van der Waals surface area contributed by atoms with Gasteiger partial charge in [0.25, 0.3) is 0 Å². The first-order valence-corrected chi connectivity index (χ1v) is 9.62. The van der Waals surface area contributed by atoms with E-state index in [1.807, 2.05) is 37.3 Å². The van der Waals surface area contributed by atoms with Gasteiger partial charge in [0.05, 0.1) is 11.7 Å². The highest BCUT2D eigenvalue weighted by atomic mass is 35.5. The molecule has 6 heteroatoms. The van der Waals surface area contributed by atoms with E-state index in [0.717, 1.165) is 52.3 Å². The molecule has 6 N–H and O–H groups in total. The van der Waals surface area contributed by atoms with Crippen LogP contribution < -0.4 is 22.1 Å². The van der Waals surface area contributed by atoms with Crippen molar-refractivity contribution in [3.05, 3.63) is 76.1 Å². The van der Waals surface area contributed by atoms with Crippen molar-refractivity contribution in [2.45, 2.75) is 19.4 Å². The lowest BCUT2D eigenvalue weighted by atomic mass is 9.92. The minimum atomic E-state index is 0.0929. The number of rotatable bonds is 4. The normalized spacial score (nSPS) is 19.0. The van der Waals surface area contributed by atoms with Crippen LogP contribution in [-0.2, 0) is 0 Å². The third-order valence-electron chi connectivity index (χ3n) is 4.77. The second kappa shape index (κ2) is 8.85. The van der Waals surface area contributed by atoms with Gasteiger partial charge in [-0.25, -0.2) is 0 Å². The van der Waals surface area contributed by atoms with E-state index in [0.29, 0.717) is 5.02 Å². The quantitative estimate of drug-likeness (QED) is 0.586. The summed E-state index contributed by atoms with van der Waals surface area (Å²) in [4.78, 5) is 4.11. The van der Waals surface area contributed by atoms with Crippen LogP contribution in [0.15, 0.2) is 59.4 Å². The fourth-order valence-electron chi connectivity index (χ4n) is 3.48. The first-order valence-electron chi connectivity index (χ1n) is 9.24. The standard InChI is InChI=1S/C22H26ClN5/c1-14(25)22-19-7-6-15(16(12-24)13-26-2)10-20(19)21(8-9-27-22)28-18-5-3-4-17(23)11-18/h3-7,10-13,21,27-28H,8-9,24-25H2,1-2H3/b16-12?,22-14-,26-13?. The molecule has 146 valence electrons. The predicted octanol–water partition coefficient (Wildman–Crippen LogP) is 4.13. The summed E-state index contributed by atoms with van der Waals surface area (Å²) in [6.07, 6.45) is 4.23. The van der Waals surface area contributed by atoms with E-state index < -0.39 is 0 Å². The number of nitrogens with zero attached hydrogens (tertiary/aromatic N) is 1. The van der Waals surface area contributed by atoms with Crippen molar-refractivity contribution in [2.24, 2.45) is 16.5 Å². The molecule has 0 saturated carbocycles. The summed E-state index contributed by atoms with van der Waals surface area (Å²) >= 11 is 6.17. The van der Waals surface area contributed by atoms with Crippen LogP contribution in [0.1, 0.15) is 36.1 Å². The molecule has 0 aliphatic carbocycles. The Balaban J connectivity index is 2.10. The molecule has 0 bridgehead atoms. The molecule has 0 radical (unpaired) electrons. The van der Waals surface area contributed by atoms with Crippen LogP contribution in [0.5, 0.6) is 0 Å². The van der Waals surface area contributed by atoms with E-state index in [4.69, 9.17) is 23.1 Å². The molecular formula is C22H26ClN5. The van der Waals surface area contributed by atoms with Gasteiger partial charge in [-0.05, 0) is 48.7 Å². The summed E-state index contributed by atoms with van der Waals surface area (Å²) in [5.41, 5.74) is 18.8. The number of halogens is 1. The smallest absolute Gasteiger partial charge is 0.0605 e. The van der Waals surface area contributed by atoms with Gasteiger partial charge in [0.15, 0.2) is 0 Å². The van der Waals surface area contributed by atoms with Crippen molar-refractivity contribution in [3.8, 4) is 0 Å². The van der Waals surface area contributed by atoms with Gasteiger partial charge in [-0.15, -0.1) is 0 Å². The molecule has 5 nitrogen and oxygen atoms in total. The Morgan fingerprint density at radius 1 is 1.29 bits per heavy atom. The molecule has 1 heterocycles. The number of hydrogen-bond acceptors (Lipinski definition) is 5. The van der Waals surface area contributed by atoms with E-state index in [1.54, 1.807) is 19.5 Å². The van der Waals surface area contributed by atoms with E-state index in [2.05, 4.69) is 27.8 Å². The third-order valence-corrected chi connectivity index (χ3v) is 5.01. The maximum absolute atomic E-state index is 6.17. The summed E-state index contributed by atoms with van der Waals surface area (Å²) in [6, 6.07) is 14.2. The molecule has 0 aromatic heterocycles. The van der Waals surface area contributed by atoms with E-state index in [9.17, 15) is 0 Å². The van der Waals surface area contributed by atoms with Crippen molar-refractivity contribution >= 4 is 34.8 Å². The van der Waals surface area contributed by atoms with Gasteiger partial charge in [0, 0.05) is 53.6 Å². The second-order valence-corrected chi connectivity index (χ2v) is 7.23. The molecule has 0 spiro atoms. The van der Waals surface area contributed by atoms with Crippen LogP contribution in [0.4, 0.5) is 5.69 Å². The molecular weight excluding hydrogens is 370 g/mol. The van der Waals surface area contributed by atoms with Gasteiger partial charge in [-0.3, -0.25) is 4.99 Å². The highest BCUT2D eigenvalue weighted by Gasteiger charge is 2.23. The Kier molecular flexibility index (Phi) is 6.26. The fraction of sp³-hybridized carbons (Fsp3) is 0.227. The van der Waals surface area contributed by atoms with Gasteiger partial charge in [-0.1, -0.05) is 29.8 Å². The van der Waals surface area contributed by atoms with Crippen molar-refractivity contribution in [1.82, 2.24) is 5.32 Å². The number of benzene rings is 2. The molecule has 0 amide bonds. The summed E-state index contributed by atoms with van der Waals surface area (Å²) < 4.78 is 0. The second-order valence-electron chi connectivity index (χ2n) is 6.79. The van der Waals surface area contributed by atoms with Gasteiger partial charge >= 0.3 is 0 Å². The van der Waals surface area contributed by atoms with Crippen molar-refractivity contribution < 1.29 is 0 Å². The Morgan fingerprint density at radius 3 is 2.79 bits per heavy atom. The van der Waals surface area contributed by atoms with Crippen LogP contribution in [-0.4, -0.2) is 19.8 Å². The monoisotopic (exact) mass is 395 g/mol. The number of allylic oxidation sites excluding steroid dienone is 2. The number of aliphatic imine (C=N–C) groups is 1. The Bertz CT molecular complexity index is 942. The number of nitrogens with one attached hydrogen (secondary N) is 2. The molecule has 3 rings (SSSR count). The zero-order valence-electron chi connectivity index (χ0n) is 16.2. The summed E-state index contributed by atoms with van der Waals surface area (Å²) in [5, 5.41) is 7.80. The maximum Gasteiger partial charge on any atom is 0.0605 e. The van der Waals surface area contributed by atoms with Gasteiger partial charge in [0.1, 0.15) is 0 Å². The van der Waals surface area contributed by atoms with Crippen LogP contribution in [0.3, 0.4) is 0 Å². The van der Waals surface area contributed by atoms with Crippen LogP contribution >= 0.6 is 11.6 Å². The Hall–Kier alpha value is -2.92. The minimum Gasteiger partial charge on any atom is -0.404 e. The highest BCUT2D eigenvalue weighted by Crippen LogP contribution is 2.34. The molecule has 1 aliphatic rings. The first-order chi connectivity index (χ1) is 13.5. The van der Waals surface area contributed by atoms with E-state index in [1.165, 1.54) is 0 Å². The predicted molar refractivity (Wildman–Crippen MR) is 120 cm³/mol. The lowest BCUT2D eigenvalue weighted by molar-refractivity contribution is 0.682. The Labute approximate surface area is 171 Å². The minimum absolute atomic E-state index is 0.0929. The topological polar surface area (TPSA) is 88.5 Å². The van der Waals surface area contributed by atoms with Gasteiger partial charge in [-0.2, -0.15) is 0 Å². The summed E-state index contributed by atoms with van der Waals surface area (Å²) in [7, 11) is 1.74. The molecule has 0 fully saturated rings. The van der Waals surface area contributed by atoms with Crippen LogP contribution in [0, 0.1) is 0 Å². The molecule has 1 aliphatic heterocycles. The molecule has 1 unspecified atom stereocenters. The van der Waals surface area contributed by atoms with Crippen molar-refractivity contribution in [2.75, 3.05) is 18.9 Å². The molecule has 1 atom stereocenters. The zero-order chi connectivity index (χ0) is 20.1. The summed E-state index contributed by atoms with van der Waals surface area (Å²) in [5.74, 6) is 0. The number of nitrogens with two attached hydrogens (primary N) is 2. The third kappa shape index (κ3) is 4.31. The lowest BCUT2D eigenvalue weighted by Crippen LogP contribution is -2.16. The fourth-order valence-corrected chi connectivity index (χ4v) is 3.67. The van der Waals surface area contributed by atoms with E-state index >= 15 is 0 Å². The number of fused-ring (bicyclic) bond motifs is 1. The molecule has 2 aromatic carbocycles. The molecule has 2 aromatic rings. The van der Waals surface area contributed by atoms with Gasteiger partial charge < -0.3 is 22.1 Å². The largest absolute Gasteiger partial charge is 0.404 e. The lowest BCUT2D eigenvalue weighted by Gasteiger charge is -2.22. The zero-order valence-corrected chi connectivity index (χ0v) is 16.9. The first kappa shape index (κ1) is 19.8. The van der Waals surface area contributed by atoms with Crippen LogP contribution in [0.2, 0.25) is 5.02 Å². The van der Waals surface area contributed by atoms with Crippen molar-refractivity contribution in [3.63, 3.8) is 0 Å². The van der Waals surface area contributed by atoms with Crippen molar-refractivity contribution in [1.29, 1.82) is 0 Å². The SMILES string of the molecule is CN=CC(=CN)c1ccc2c(c1)C(Nc1cccc(Cl)c1)CCN/C2=C(/C)N. The summed E-state index contributed by atoms with van der Waals surface area (Å²) in [6.45, 7) is 2.72. The maximum atomic E-state index is 6.17. The average Bonchev–Trinajstić information content (AvgIpc) is 2.85. The number of anilines is 1. The molecule has 28 heavy (non-hydrogen) atoms. The van der Waals surface area contributed by atoms with Gasteiger partial charge in [0.2, 0.25) is 0 Å². The Morgan fingerprint density at radius 2 is 2.11 bits per heavy atom. The number of hydrogen-bond donors (Lipinski definition) is 4.